The van der Waals surface area contributed by atoms with E-state index in [2.05, 4.69) is 5.43 Å². The van der Waals surface area contributed by atoms with Crippen LogP contribution in [0.2, 0.25) is 10.0 Å². The van der Waals surface area contributed by atoms with E-state index < -0.39 is 0 Å². The molecule has 2 rings (SSSR count). The lowest BCUT2D eigenvalue weighted by molar-refractivity contribution is 0.520. The molecule has 5 heteroatoms. The average Bonchev–Trinajstić information content (AvgIpc) is 2.78. The lowest BCUT2D eigenvalue weighted by Gasteiger charge is -2.22. The zero-order valence-electron chi connectivity index (χ0n) is 8.75. The molecule has 2 nitrogen and oxygen atoms in total. The first kappa shape index (κ1) is 12.5. The molecule has 0 bridgehead atoms. The van der Waals surface area contributed by atoms with Gasteiger partial charge in [0.2, 0.25) is 0 Å². The molecule has 0 aromatic heterocycles. The molecule has 1 aliphatic heterocycles. The molecule has 1 fully saturated rings. The molecule has 3 N–H and O–H groups in total. The smallest absolute Gasteiger partial charge is 0.0595 e. The van der Waals surface area contributed by atoms with Crippen molar-refractivity contribution < 1.29 is 0 Å². The molecule has 1 heterocycles. The average molecular weight is 277 g/mol. The van der Waals surface area contributed by atoms with Crippen molar-refractivity contribution in [1.29, 1.82) is 0 Å². The summed E-state index contributed by atoms with van der Waals surface area (Å²) in [5.74, 6) is 6.85. The molecule has 0 aliphatic carbocycles. The highest BCUT2D eigenvalue weighted by atomic mass is 35.5. The SMILES string of the molecule is NNC(c1ccc(Cl)c(Cl)c1)C1CCCS1. The Kier molecular flexibility index (Phi) is 4.39. The van der Waals surface area contributed by atoms with Crippen molar-refractivity contribution >= 4 is 35.0 Å². The van der Waals surface area contributed by atoms with Crippen molar-refractivity contribution in [2.75, 3.05) is 5.75 Å². The van der Waals surface area contributed by atoms with E-state index in [1.165, 1.54) is 18.6 Å². The Balaban J connectivity index is 2.22. The first-order valence-corrected chi connectivity index (χ1v) is 7.05. The van der Waals surface area contributed by atoms with Gasteiger partial charge in [-0.2, -0.15) is 11.8 Å². The maximum absolute atomic E-state index is 6.01. The summed E-state index contributed by atoms with van der Waals surface area (Å²) in [5, 5.41) is 1.70. The van der Waals surface area contributed by atoms with Gasteiger partial charge in [0, 0.05) is 5.25 Å². The van der Waals surface area contributed by atoms with Gasteiger partial charge in [0.1, 0.15) is 0 Å². The molecule has 0 radical (unpaired) electrons. The third kappa shape index (κ3) is 2.66. The van der Waals surface area contributed by atoms with E-state index in [-0.39, 0.29) is 6.04 Å². The van der Waals surface area contributed by atoms with E-state index in [1.807, 2.05) is 30.0 Å². The number of nitrogens with two attached hydrogens (primary N) is 1. The molecule has 1 saturated heterocycles. The van der Waals surface area contributed by atoms with Gasteiger partial charge in [0.05, 0.1) is 16.1 Å². The molecular formula is C11H14Cl2N2S. The predicted octanol–water partition coefficient (Wildman–Crippen LogP) is 3.39. The zero-order valence-corrected chi connectivity index (χ0v) is 11.1. The minimum Gasteiger partial charge on any atom is -0.271 e. The highest BCUT2D eigenvalue weighted by Gasteiger charge is 2.26. The first-order chi connectivity index (χ1) is 7.72. The highest BCUT2D eigenvalue weighted by Crippen LogP contribution is 2.37. The number of hydrazine groups is 1. The fraction of sp³-hybridized carbons (Fsp3) is 0.455. The number of nitrogens with one attached hydrogen (secondary N) is 1. The molecule has 1 aliphatic rings. The van der Waals surface area contributed by atoms with Gasteiger partial charge >= 0.3 is 0 Å². The molecule has 2 unspecified atom stereocenters. The van der Waals surface area contributed by atoms with Crippen LogP contribution in [-0.4, -0.2) is 11.0 Å². The van der Waals surface area contributed by atoms with Crippen LogP contribution in [0.1, 0.15) is 24.4 Å². The van der Waals surface area contributed by atoms with Crippen molar-refractivity contribution in [3.63, 3.8) is 0 Å². The summed E-state index contributed by atoms with van der Waals surface area (Å²) in [4.78, 5) is 0. The van der Waals surface area contributed by atoms with Crippen molar-refractivity contribution in [2.45, 2.75) is 24.1 Å². The number of thioether (sulfide) groups is 1. The van der Waals surface area contributed by atoms with Crippen molar-refractivity contribution in [3.8, 4) is 0 Å². The third-order valence-corrected chi connectivity index (χ3v) is 5.02. The van der Waals surface area contributed by atoms with E-state index >= 15 is 0 Å². The van der Waals surface area contributed by atoms with E-state index in [4.69, 9.17) is 29.0 Å². The van der Waals surface area contributed by atoms with E-state index in [1.54, 1.807) is 0 Å². The van der Waals surface area contributed by atoms with E-state index in [0.717, 1.165) is 5.56 Å². The molecule has 2 atom stereocenters. The Morgan fingerprint density at radius 3 is 2.75 bits per heavy atom. The summed E-state index contributed by atoms with van der Waals surface area (Å²) < 4.78 is 0. The lowest BCUT2D eigenvalue weighted by atomic mass is 10.0. The molecule has 1 aromatic rings. The maximum atomic E-state index is 6.01. The topological polar surface area (TPSA) is 38.0 Å². The Morgan fingerprint density at radius 2 is 2.19 bits per heavy atom. The van der Waals surface area contributed by atoms with Crippen LogP contribution < -0.4 is 11.3 Å². The summed E-state index contributed by atoms with van der Waals surface area (Å²) in [6, 6.07) is 5.86. The van der Waals surface area contributed by atoms with Gasteiger partial charge in [-0.15, -0.1) is 0 Å². The van der Waals surface area contributed by atoms with Crippen molar-refractivity contribution in [1.82, 2.24) is 5.43 Å². The highest BCUT2D eigenvalue weighted by molar-refractivity contribution is 8.00. The summed E-state index contributed by atoms with van der Waals surface area (Å²) in [6.45, 7) is 0. The third-order valence-electron chi connectivity index (χ3n) is 2.82. The molecular weight excluding hydrogens is 263 g/mol. The quantitative estimate of drug-likeness (QED) is 0.657. The van der Waals surface area contributed by atoms with Gasteiger partial charge in [-0.1, -0.05) is 29.3 Å². The molecule has 1 aromatic carbocycles. The second-order valence-corrected chi connectivity index (χ2v) is 6.03. The summed E-state index contributed by atoms with van der Waals surface area (Å²) in [5.41, 5.74) is 3.99. The van der Waals surface area contributed by atoms with Crippen LogP contribution in [0, 0.1) is 0 Å². The van der Waals surface area contributed by atoms with Crippen LogP contribution in [0.5, 0.6) is 0 Å². The molecule has 0 spiro atoms. The number of rotatable bonds is 3. The largest absolute Gasteiger partial charge is 0.271 e. The van der Waals surface area contributed by atoms with Gasteiger partial charge in [-0.3, -0.25) is 11.3 Å². The van der Waals surface area contributed by atoms with Crippen LogP contribution in [-0.2, 0) is 0 Å². The number of hydrogen-bond donors (Lipinski definition) is 2. The fourth-order valence-corrected chi connectivity index (χ4v) is 3.69. The van der Waals surface area contributed by atoms with Gasteiger partial charge in [-0.25, -0.2) is 0 Å². The first-order valence-electron chi connectivity index (χ1n) is 5.25. The Hall–Kier alpha value is 0.0700. The normalized spacial score (nSPS) is 22.3. The number of halogens is 2. The lowest BCUT2D eigenvalue weighted by Crippen LogP contribution is -2.34. The summed E-state index contributed by atoms with van der Waals surface area (Å²) in [7, 11) is 0. The van der Waals surface area contributed by atoms with Crippen molar-refractivity contribution in [3.05, 3.63) is 33.8 Å². The van der Waals surface area contributed by atoms with Gasteiger partial charge in [0.25, 0.3) is 0 Å². The summed E-state index contributed by atoms with van der Waals surface area (Å²) in [6.07, 6.45) is 2.45. The van der Waals surface area contributed by atoms with Crippen molar-refractivity contribution in [2.24, 2.45) is 5.84 Å². The fourth-order valence-electron chi connectivity index (χ4n) is 1.99. The standard InChI is InChI=1S/C11H14Cl2N2S/c12-8-4-3-7(6-9(8)13)11(15-14)10-2-1-5-16-10/h3-4,6,10-11,15H,1-2,5,14H2. The second kappa shape index (κ2) is 5.61. The number of hydrogen-bond acceptors (Lipinski definition) is 3. The zero-order chi connectivity index (χ0) is 11.5. The molecule has 16 heavy (non-hydrogen) atoms. The second-order valence-electron chi connectivity index (χ2n) is 3.87. The summed E-state index contributed by atoms with van der Waals surface area (Å²) >= 11 is 13.9. The van der Waals surface area contributed by atoms with Crippen LogP contribution in [0.4, 0.5) is 0 Å². The molecule has 0 saturated carbocycles. The van der Waals surface area contributed by atoms with Crippen LogP contribution in [0.25, 0.3) is 0 Å². The molecule has 0 amide bonds. The van der Waals surface area contributed by atoms with Gasteiger partial charge in [0.15, 0.2) is 0 Å². The van der Waals surface area contributed by atoms with Gasteiger partial charge in [-0.05, 0) is 36.3 Å². The Labute approximate surface area is 110 Å². The molecule has 88 valence electrons. The number of benzene rings is 1. The van der Waals surface area contributed by atoms with Crippen LogP contribution in [0.3, 0.4) is 0 Å². The minimum atomic E-state index is 0.155. The minimum absolute atomic E-state index is 0.155. The van der Waals surface area contributed by atoms with Crippen LogP contribution in [0.15, 0.2) is 18.2 Å². The maximum Gasteiger partial charge on any atom is 0.0595 e. The Morgan fingerprint density at radius 1 is 1.38 bits per heavy atom. The predicted molar refractivity (Wildman–Crippen MR) is 72.0 cm³/mol. The Bertz CT molecular complexity index is 367. The van der Waals surface area contributed by atoms with E-state index in [9.17, 15) is 0 Å². The van der Waals surface area contributed by atoms with E-state index in [0.29, 0.717) is 15.3 Å². The van der Waals surface area contributed by atoms with Gasteiger partial charge < -0.3 is 0 Å². The van der Waals surface area contributed by atoms with Crippen LogP contribution >= 0.6 is 35.0 Å². The monoisotopic (exact) mass is 276 g/mol.